The van der Waals surface area contributed by atoms with Gasteiger partial charge in [-0.3, -0.25) is 14.9 Å². The predicted octanol–water partition coefficient (Wildman–Crippen LogP) is 2.58. The molecule has 0 spiro atoms. The Kier molecular flexibility index (Phi) is 4.97. The molecule has 142 valence electrons. The molecule has 2 aromatic rings. The summed E-state index contributed by atoms with van der Waals surface area (Å²) in [6.07, 6.45) is 1.87. The van der Waals surface area contributed by atoms with Gasteiger partial charge in [-0.1, -0.05) is 30.3 Å². The van der Waals surface area contributed by atoms with E-state index in [1.165, 1.54) is 20.1 Å². The van der Waals surface area contributed by atoms with Crippen LogP contribution in [-0.2, 0) is 9.59 Å². The first-order valence-corrected chi connectivity index (χ1v) is 8.70. The van der Waals surface area contributed by atoms with Crippen LogP contribution in [0.3, 0.4) is 0 Å². The van der Waals surface area contributed by atoms with Gasteiger partial charge in [0.1, 0.15) is 17.8 Å². The molecule has 7 nitrogen and oxygen atoms in total. The fourth-order valence-corrected chi connectivity index (χ4v) is 4.61. The van der Waals surface area contributed by atoms with E-state index in [2.05, 4.69) is 0 Å². The molecule has 0 radical (unpaired) electrons. The topological polar surface area (TPSA) is 111 Å². The van der Waals surface area contributed by atoms with Crippen LogP contribution in [0.25, 0.3) is 0 Å². The number of Topliss-reactive ketones (excluding diaryl/α,β-unsaturated/α-hetero) is 1. The standard InChI is InChI=1S/C20H21NO6/c1-12(23)18-16(13-7-4-3-5-8-13)19(21(25)26)17(15-9-6-10-27-15)14(11-22)20(18,2)24/h3-11,14,16-19,24H,1-2H3/t14-,16+,17+,18+,19+,20-/m0/s1. The molecular formula is C20H21NO6. The number of rotatable bonds is 5. The molecule has 7 heteroatoms. The number of hydrogen-bond donors (Lipinski definition) is 1. The molecule has 6 atom stereocenters. The first-order chi connectivity index (χ1) is 12.8. The first-order valence-electron chi connectivity index (χ1n) is 8.70. The van der Waals surface area contributed by atoms with E-state index in [1.54, 1.807) is 42.5 Å². The predicted molar refractivity (Wildman–Crippen MR) is 95.8 cm³/mol. The van der Waals surface area contributed by atoms with Crippen molar-refractivity contribution in [1.82, 2.24) is 0 Å². The van der Waals surface area contributed by atoms with Crippen molar-refractivity contribution in [1.29, 1.82) is 0 Å². The van der Waals surface area contributed by atoms with Crippen molar-refractivity contribution in [2.24, 2.45) is 11.8 Å². The summed E-state index contributed by atoms with van der Waals surface area (Å²) in [7, 11) is 0. The number of nitrogens with zero attached hydrogens (tertiary/aromatic N) is 1. The highest BCUT2D eigenvalue weighted by molar-refractivity contribution is 5.82. The van der Waals surface area contributed by atoms with Gasteiger partial charge in [-0.05, 0) is 31.5 Å². The number of aliphatic hydroxyl groups is 1. The Morgan fingerprint density at radius 2 is 1.89 bits per heavy atom. The number of aldehydes is 1. The van der Waals surface area contributed by atoms with Crippen LogP contribution < -0.4 is 0 Å². The van der Waals surface area contributed by atoms with E-state index < -0.39 is 46.0 Å². The lowest BCUT2D eigenvalue weighted by Gasteiger charge is -2.49. The molecule has 0 aliphatic heterocycles. The molecule has 1 aliphatic carbocycles. The second-order valence-electron chi connectivity index (χ2n) is 7.23. The fourth-order valence-electron chi connectivity index (χ4n) is 4.61. The van der Waals surface area contributed by atoms with Gasteiger partial charge >= 0.3 is 0 Å². The summed E-state index contributed by atoms with van der Waals surface area (Å²) in [5.41, 5.74) is -1.20. The molecule has 1 aliphatic rings. The van der Waals surface area contributed by atoms with Crippen molar-refractivity contribution in [2.45, 2.75) is 37.3 Å². The van der Waals surface area contributed by atoms with Crippen molar-refractivity contribution in [3.63, 3.8) is 0 Å². The van der Waals surface area contributed by atoms with Crippen LogP contribution in [-0.4, -0.2) is 33.7 Å². The third-order valence-electron chi connectivity index (χ3n) is 5.67. The van der Waals surface area contributed by atoms with Crippen molar-refractivity contribution in [3.05, 3.63) is 70.2 Å². The molecule has 0 saturated heterocycles. The number of carbonyl (C=O) groups is 2. The van der Waals surface area contributed by atoms with Crippen LogP contribution in [0.15, 0.2) is 53.1 Å². The minimum atomic E-state index is -1.77. The van der Waals surface area contributed by atoms with Crippen molar-refractivity contribution in [2.75, 3.05) is 0 Å². The Morgan fingerprint density at radius 3 is 2.37 bits per heavy atom. The van der Waals surface area contributed by atoms with E-state index in [0.717, 1.165) is 0 Å². The highest BCUT2D eigenvalue weighted by Gasteiger charge is 2.63. The molecule has 1 heterocycles. The smallest absolute Gasteiger partial charge is 0.231 e. The number of benzene rings is 1. The molecule has 1 aromatic heterocycles. The summed E-state index contributed by atoms with van der Waals surface area (Å²) in [6, 6.07) is 10.5. The highest BCUT2D eigenvalue weighted by Crippen LogP contribution is 2.53. The molecule has 1 saturated carbocycles. The molecule has 0 bridgehead atoms. The van der Waals surface area contributed by atoms with Crippen molar-refractivity contribution in [3.8, 4) is 0 Å². The van der Waals surface area contributed by atoms with Crippen molar-refractivity contribution >= 4 is 12.1 Å². The van der Waals surface area contributed by atoms with Gasteiger partial charge in [0.15, 0.2) is 0 Å². The zero-order valence-electron chi connectivity index (χ0n) is 15.0. The Balaban J connectivity index is 2.28. The van der Waals surface area contributed by atoms with Crippen LogP contribution in [0.4, 0.5) is 0 Å². The molecule has 3 rings (SSSR count). The first kappa shape index (κ1) is 19.0. The third-order valence-corrected chi connectivity index (χ3v) is 5.67. The van der Waals surface area contributed by atoms with Crippen LogP contribution >= 0.6 is 0 Å². The minimum Gasteiger partial charge on any atom is -0.469 e. The van der Waals surface area contributed by atoms with Gasteiger partial charge in [0.2, 0.25) is 6.04 Å². The monoisotopic (exact) mass is 371 g/mol. The maximum absolute atomic E-state index is 12.5. The lowest BCUT2D eigenvalue weighted by Crippen LogP contribution is -2.61. The number of carbonyl (C=O) groups excluding carboxylic acids is 2. The lowest BCUT2D eigenvalue weighted by molar-refractivity contribution is -0.539. The molecule has 0 amide bonds. The second-order valence-corrected chi connectivity index (χ2v) is 7.23. The van der Waals surface area contributed by atoms with Gasteiger partial charge < -0.3 is 14.3 Å². The molecule has 1 fully saturated rings. The summed E-state index contributed by atoms with van der Waals surface area (Å²) in [5, 5.41) is 23.4. The summed E-state index contributed by atoms with van der Waals surface area (Å²) >= 11 is 0. The van der Waals surface area contributed by atoms with Gasteiger partial charge in [-0.15, -0.1) is 0 Å². The molecule has 27 heavy (non-hydrogen) atoms. The van der Waals surface area contributed by atoms with E-state index in [1.807, 2.05) is 0 Å². The minimum absolute atomic E-state index is 0.247. The average molecular weight is 371 g/mol. The van der Waals surface area contributed by atoms with E-state index in [0.29, 0.717) is 11.8 Å². The van der Waals surface area contributed by atoms with Crippen LogP contribution in [0, 0.1) is 22.0 Å². The van der Waals surface area contributed by atoms with Gasteiger partial charge in [0, 0.05) is 4.92 Å². The fraction of sp³-hybridized carbons (Fsp3) is 0.400. The maximum atomic E-state index is 12.5. The SMILES string of the molecule is CC(=O)[C@@H]1[C@@H](c2ccccc2)[C@@H]([N+](=O)[O-])[C@@H](c2ccco2)[C@H](C=O)[C@]1(C)O. The van der Waals surface area contributed by atoms with E-state index in [9.17, 15) is 24.8 Å². The number of furan rings is 1. The number of hydrogen-bond acceptors (Lipinski definition) is 6. The number of nitro groups is 1. The summed E-state index contributed by atoms with van der Waals surface area (Å²) < 4.78 is 5.40. The van der Waals surface area contributed by atoms with E-state index in [-0.39, 0.29) is 5.76 Å². The maximum Gasteiger partial charge on any atom is 0.231 e. The van der Waals surface area contributed by atoms with Crippen molar-refractivity contribution < 1.29 is 24.0 Å². The Hall–Kier alpha value is -2.80. The van der Waals surface area contributed by atoms with Crippen LogP contribution in [0.1, 0.15) is 37.0 Å². The third kappa shape index (κ3) is 3.08. The Morgan fingerprint density at radius 1 is 1.22 bits per heavy atom. The number of ketones is 1. The Bertz CT molecular complexity index is 829. The molecule has 1 N–H and O–H groups in total. The van der Waals surface area contributed by atoms with Crippen LogP contribution in [0.5, 0.6) is 0 Å². The normalized spacial score (nSPS) is 33.4. The zero-order valence-corrected chi connectivity index (χ0v) is 15.0. The lowest BCUT2D eigenvalue weighted by atomic mass is 9.55. The molecule has 1 aromatic carbocycles. The highest BCUT2D eigenvalue weighted by atomic mass is 16.6. The van der Waals surface area contributed by atoms with Crippen LogP contribution in [0.2, 0.25) is 0 Å². The summed E-state index contributed by atoms with van der Waals surface area (Å²) in [5.74, 6) is -4.31. The molecule has 0 unspecified atom stereocenters. The quantitative estimate of drug-likeness (QED) is 0.491. The van der Waals surface area contributed by atoms with E-state index in [4.69, 9.17) is 4.42 Å². The zero-order chi connectivity index (χ0) is 19.8. The van der Waals surface area contributed by atoms with Gasteiger partial charge in [0.25, 0.3) is 0 Å². The summed E-state index contributed by atoms with van der Waals surface area (Å²) in [6.45, 7) is 2.70. The Labute approximate surface area is 156 Å². The summed E-state index contributed by atoms with van der Waals surface area (Å²) in [4.78, 5) is 36.1. The van der Waals surface area contributed by atoms with E-state index >= 15 is 0 Å². The largest absolute Gasteiger partial charge is 0.469 e. The van der Waals surface area contributed by atoms with Gasteiger partial charge in [0.05, 0.1) is 35.5 Å². The average Bonchev–Trinajstić information content (AvgIpc) is 3.14. The second kappa shape index (κ2) is 7.08. The van der Waals surface area contributed by atoms with Gasteiger partial charge in [-0.2, -0.15) is 0 Å². The van der Waals surface area contributed by atoms with Gasteiger partial charge in [-0.25, -0.2) is 0 Å². The molecular weight excluding hydrogens is 350 g/mol.